The van der Waals surface area contributed by atoms with Crippen molar-refractivity contribution in [2.75, 3.05) is 0 Å². The van der Waals surface area contributed by atoms with Gasteiger partial charge in [0, 0.05) is 10.8 Å². The van der Waals surface area contributed by atoms with E-state index >= 15 is 0 Å². The molecule has 2 atom stereocenters. The lowest BCUT2D eigenvalue weighted by Crippen LogP contribution is -2.30. The molecule has 0 heterocycles. The Morgan fingerprint density at radius 1 is 1.26 bits per heavy atom. The van der Waals surface area contributed by atoms with E-state index in [0.717, 1.165) is 6.42 Å². The summed E-state index contributed by atoms with van der Waals surface area (Å²) in [4.78, 5) is 23.5. The van der Waals surface area contributed by atoms with Crippen molar-refractivity contribution in [2.24, 2.45) is 11.3 Å². The molecule has 0 radical (unpaired) electrons. The van der Waals surface area contributed by atoms with Crippen molar-refractivity contribution in [3.8, 4) is 0 Å². The van der Waals surface area contributed by atoms with Gasteiger partial charge in [-0.2, -0.15) is 0 Å². The summed E-state index contributed by atoms with van der Waals surface area (Å²) in [6, 6.07) is 9.05. The van der Waals surface area contributed by atoms with Crippen LogP contribution < -0.4 is 0 Å². The van der Waals surface area contributed by atoms with E-state index in [9.17, 15) is 14.7 Å². The van der Waals surface area contributed by atoms with Crippen LogP contribution in [-0.2, 0) is 4.79 Å². The molecule has 1 aromatic carbocycles. The van der Waals surface area contributed by atoms with E-state index in [4.69, 9.17) is 0 Å². The van der Waals surface area contributed by atoms with E-state index in [-0.39, 0.29) is 15.8 Å². The number of carbonyl (C=O) groups is 2. The Hall–Kier alpha value is -1.29. The van der Waals surface area contributed by atoms with Crippen LogP contribution in [0.2, 0.25) is 0 Å². The number of hydrogen-bond acceptors (Lipinski definition) is 3. The maximum absolute atomic E-state index is 12.2. The van der Waals surface area contributed by atoms with E-state index in [1.54, 1.807) is 12.1 Å². The largest absolute Gasteiger partial charge is 0.481 e. The first-order valence-electron chi connectivity index (χ1n) is 6.40. The number of carboxylic acids is 1. The Kier molecular flexibility index (Phi) is 3.99. The molecule has 1 saturated carbocycles. The molecule has 4 heteroatoms. The lowest BCUT2D eigenvalue weighted by atomic mass is 9.90. The molecule has 1 N–H and O–H groups in total. The van der Waals surface area contributed by atoms with Crippen molar-refractivity contribution in [2.45, 2.75) is 31.9 Å². The van der Waals surface area contributed by atoms with Crippen molar-refractivity contribution >= 4 is 22.8 Å². The fourth-order valence-corrected chi connectivity index (χ4v) is 3.97. The van der Waals surface area contributed by atoms with Crippen LogP contribution in [-0.4, -0.2) is 21.4 Å². The maximum Gasteiger partial charge on any atom is 0.307 e. The van der Waals surface area contributed by atoms with Gasteiger partial charge in [-0.25, -0.2) is 0 Å². The summed E-state index contributed by atoms with van der Waals surface area (Å²) in [6.07, 6.45) is 1.51. The van der Waals surface area contributed by atoms with Gasteiger partial charge in [-0.3, -0.25) is 9.59 Å². The minimum Gasteiger partial charge on any atom is -0.481 e. The van der Waals surface area contributed by atoms with E-state index in [0.29, 0.717) is 12.0 Å². The van der Waals surface area contributed by atoms with Gasteiger partial charge in [0.1, 0.15) is 0 Å². The van der Waals surface area contributed by atoms with Gasteiger partial charge in [0.2, 0.25) is 5.12 Å². The van der Waals surface area contributed by atoms with Crippen LogP contribution in [0.15, 0.2) is 30.3 Å². The van der Waals surface area contributed by atoms with Crippen LogP contribution in [0.4, 0.5) is 0 Å². The third kappa shape index (κ3) is 3.00. The van der Waals surface area contributed by atoms with Crippen LogP contribution in [0.5, 0.6) is 0 Å². The monoisotopic (exact) mass is 278 g/mol. The first-order chi connectivity index (χ1) is 8.92. The van der Waals surface area contributed by atoms with E-state index < -0.39 is 11.9 Å². The average molecular weight is 278 g/mol. The molecule has 1 aliphatic rings. The zero-order valence-electron chi connectivity index (χ0n) is 11.1. The van der Waals surface area contributed by atoms with Crippen LogP contribution in [0.1, 0.15) is 37.0 Å². The third-order valence-corrected chi connectivity index (χ3v) is 5.47. The summed E-state index contributed by atoms with van der Waals surface area (Å²) in [5.41, 5.74) is 0.525. The Morgan fingerprint density at radius 3 is 2.47 bits per heavy atom. The number of aliphatic carboxylic acids is 1. The summed E-state index contributed by atoms with van der Waals surface area (Å²) in [6.45, 7) is 4.10. The van der Waals surface area contributed by atoms with Crippen LogP contribution in [0, 0.1) is 11.3 Å². The molecule has 0 bridgehead atoms. The number of hydrogen-bond donors (Lipinski definition) is 1. The van der Waals surface area contributed by atoms with Crippen molar-refractivity contribution < 1.29 is 14.7 Å². The molecule has 3 nitrogen and oxygen atoms in total. The second kappa shape index (κ2) is 5.37. The fraction of sp³-hybridized carbons (Fsp3) is 0.467. The van der Waals surface area contributed by atoms with Gasteiger partial charge in [-0.1, -0.05) is 55.9 Å². The highest BCUT2D eigenvalue weighted by Gasteiger charge is 2.46. The van der Waals surface area contributed by atoms with Gasteiger partial charge in [0.15, 0.2) is 0 Å². The molecular formula is C15H18O3S. The van der Waals surface area contributed by atoms with Gasteiger partial charge in [-0.05, 0) is 18.3 Å². The molecule has 0 unspecified atom stereocenters. The number of thioether (sulfide) groups is 1. The molecule has 1 fully saturated rings. The van der Waals surface area contributed by atoms with E-state index in [1.807, 2.05) is 32.0 Å². The zero-order chi connectivity index (χ0) is 14.0. The molecule has 0 aliphatic heterocycles. The van der Waals surface area contributed by atoms with Crippen LogP contribution in [0.3, 0.4) is 0 Å². The average Bonchev–Trinajstić information content (AvgIpc) is 2.66. The van der Waals surface area contributed by atoms with Gasteiger partial charge in [0.05, 0.1) is 5.92 Å². The second-order valence-corrected chi connectivity index (χ2v) is 6.78. The normalized spacial score (nSPS) is 25.2. The summed E-state index contributed by atoms with van der Waals surface area (Å²) >= 11 is 1.18. The smallest absolute Gasteiger partial charge is 0.307 e. The number of benzene rings is 1. The first-order valence-corrected chi connectivity index (χ1v) is 7.28. The van der Waals surface area contributed by atoms with Crippen molar-refractivity contribution in [1.29, 1.82) is 0 Å². The summed E-state index contributed by atoms with van der Waals surface area (Å²) in [5, 5.41) is 9.08. The van der Waals surface area contributed by atoms with Gasteiger partial charge in [0.25, 0.3) is 0 Å². The third-order valence-electron chi connectivity index (χ3n) is 3.80. The van der Waals surface area contributed by atoms with Crippen molar-refractivity contribution in [3.63, 3.8) is 0 Å². The molecule has 0 aromatic heterocycles. The van der Waals surface area contributed by atoms with Gasteiger partial charge in [-0.15, -0.1) is 0 Å². The zero-order valence-corrected chi connectivity index (χ0v) is 11.9. The molecule has 0 spiro atoms. The highest BCUT2D eigenvalue weighted by Crippen LogP contribution is 2.48. The number of carbonyl (C=O) groups excluding carboxylic acids is 1. The molecular weight excluding hydrogens is 260 g/mol. The summed E-state index contributed by atoms with van der Waals surface area (Å²) in [5.74, 6) is -1.21. The lowest BCUT2D eigenvalue weighted by Gasteiger charge is -2.27. The first kappa shape index (κ1) is 14.1. The molecule has 0 amide bonds. The fourth-order valence-electron chi connectivity index (χ4n) is 2.62. The highest BCUT2D eigenvalue weighted by molar-refractivity contribution is 8.14. The summed E-state index contributed by atoms with van der Waals surface area (Å²) < 4.78 is 0. The van der Waals surface area contributed by atoms with Gasteiger partial charge >= 0.3 is 5.97 Å². The quantitative estimate of drug-likeness (QED) is 0.920. The predicted molar refractivity (Wildman–Crippen MR) is 76.3 cm³/mol. The van der Waals surface area contributed by atoms with Gasteiger partial charge < -0.3 is 5.11 Å². The Balaban J connectivity index is 2.16. The molecule has 1 aliphatic carbocycles. The predicted octanol–water partition coefficient (Wildman–Crippen LogP) is 3.45. The second-order valence-electron chi connectivity index (χ2n) is 5.66. The van der Waals surface area contributed by atoms with E-state index in [1.165, 1.54) is 11.8 Å². The molecule has 1 aromatic rings. The molecule has 19 heavy (non-hydrogen) atoms. The minimum absolute atomic E-state index is 0.0353. The Labute approximate surface area is 117 Å². The number of carboxylic acid groups (broad SMARTS) is 1. The number of rotatable bonds is 3. The Bertz CT molecular complexity index is 481. The molecule has 0 saturated heterocycles. The van der Waals surface area contributed by atoms with E-state index in [2.05, 4.69) is 0 Å². The standard InChI is InChI=1S/C15H18O3S/c1-15(2)9-8-11(13(16)17)12(15)19-14(18)10-6-4-3-5-7-10/h3-7,11-12H,8-9H2,1-2H3,(H,16,17)/t11-,12+/m1/s1. The van der Waals surface area contributed by atoms with Crippen molar-refractivity contribution in [1.82, 2.24) is 0 Å². The van der Waals surface area contributed by atoms with Crippen LogP contribution in [0.25, 0.3) is 0 Å². The highest BCUT2D eigenvalue weighted by atomic mass is 32.2. The summed E-state index contributed by atoms with van der Waals surface area (Å²) in [7, 11) is 0. The topological polar surface area (TPSA) is 54.4 Å². The minimum atomic E-state index is -0.788. The SMILES string of the molecule is CC1(C)CC[C@@H](C(=O)O)[C@@H]1SC(=O)c1ccccc1. The lowest BCUT2D eigenvalue weighted by molar-refractivity contribution is -0.141. The van der Waals surface area contributed by atoms with Crippen LogP contribution >= 0.6 is 11.8 Å². The molecule has 102 valence electrons. The Morgan fingerprint density at radius 2 is 1.89 bits per heavy atom. The maximum atomic E-state index is 12.2. The molecule has 2 rings (SSSR count). The van der Waals surface area contributed by atoms with Crippen molar-refractivity contribution in [3.05, 3.63) is 35.9 Å².